The fourth-order valence-electron chi connectivity index (χ4n) is 3.11. The van der Waals surface area contributed by atoms with E-state index in [1.807, 2.05) is 6.92 Å². The second-order valence-corrected chi connectivity index (χ2v) is 7.46. The minimum Gasteiger partial charge on any atom is -0.495 e. The Kier molecular flexibility index (Phi) is 6.88. The standard InChI is InChI=1S/C23H21ClFN7O2/c1-3-32-20(10-11-27-32)30-22(33)14-4-6-15(7-5-14)29-23-26-13-18(25)21(31-23)28-16-8-9-19(34-2)17(24)12-16/h4-13H,3H2,1-2H3,(H,30,33)(H2,26,28,29,31). The summed E-state index contributed by atoms with van der Waals surface area (Å²) in [6.45, 7) is 2.58. The van der Waals surface area contributed by atoms with Gasteiger partial charge in [-0.3, -0.25) is 4.79 Å². The quantitative estimate of drug-likeness (QED) is 0.316. The van der Waals surface area contributed by atoms with Crippen LogP contribution in [0.25, 0.3) is 0 Å². The lowest BCUT2D eigenvalue weighted by Gasteiger charge is -2.11. The Morgan fingerprint density at radius 2 is 1.88 bits per heavy atom. The van der Waals surface area contributed by atoms with E-state index in [0.29, 0.717) is 40.1 Å². The molecule has 34 heavy (non-hydrogen) atoms. The van der Waals surface area contributed by atoms with Crippen molar-refractivity contribution in [2.24, 2.45) is 0 Å². The van der Waals surface area contributed by atoms with Crippen LogP contribution >= 0.6 is 11.6 Å². The van der Waals surface area contributed by atoms with E-state index in [4.69, 9.17) is 16.3 Å². The lowest BCUT2D eigenvalue weighted by molar-refractivity contribution is 0.102. The highest BCUT2D eigenvalue weighted by Crippen LogP contribution is 2.29. The Labute approximate surface area is 200 Å². The monoisotopic (exact) mass is 481 g/mol. The molecule has 0 atom stereocenters. The van der Waals surface area contributed by atoms with Gasteiger partial charge in [0.25, 0.3) is 5.91 Å². The van der Waals surface area contributed by atoms with Gasteiger partial charge in [-0.2, -0.15) is 10.1 Å². The van der Waals surface area contributed by atoms with Crippen LogP contribution in [-0.2, 0) is 6.54 Å². The minimum atomic E-state index is -0.629. The number of hydrogen-bond donors (Lipinski definition) is 3. The van der Waals surface area contributed by atoms with Gasteiger partial charge in [-0.05, 0) is 49.4 Å². The molecule has 0 saturated carbocycles. The number of ether oxygens (including phenoxy) is 1. The van der Waals surface area contributed by atoms with Crippen LogP contribution in [0.5, 0.6) is 5.75 Å². The van der Waals surface area contributed by atoms with Crippen LogP contribution in [0.2, 0.25) is 5.02 Å². The zero-order valence-electron chi connectivity index (χ0n) is 18.3. The van der Waals surface area contributed by atoms with Gasteiger partial charge in [0.1, 0.15) is 11.6 Å². The first-order valence-electron chi connectivity index (χ1n) is 10.3. The van der Waals surface area contributed by atoms with Crippen molar-refractivity contribution in [1.82, 2.24) is 19.7 Å². The number of nitrogens with one attached hydrogen (secondary N) is 3. The number of amides is 1. The largest absolute Gasteiger partial charge is 0.495 e. The predicted octanol–water partition coefficient (Wildman–Crippen LogP) is 5.23. The van der Waals surface area contributed by atoms with E-state index in [0.717, 1.165) is 6.20 Å². The minimum absolute atomic E-state index is 0.0257. The Hall–Kier alpha value is -4.18. The van der Waals surface area contributed by atoms with Crippen LogP contribution in [0.1, 0.15) is 17.3 Å². The normalized spacial score (nSPS) is 10.6. The summed E-state index contributed by atoms with van der Waals surface area (Å²) >= 11 is 6.13. The molecule has 4 rings (SSSR count). The fourth-order valence-corrected chi connectivity index (χ4v) is 3.37. The Bertz CT molecular complexity index is 1310. The first-order chi connectivity index (χ1) is 16.5. The number of benzene rings is 2. The van der Waals surface area contributed by atoms with Gasteiger partial charge >= 0.3 is 0 Å². The first-order valence-corrected chi connectivity index (χ1v) is 10.7. The molecule has 174 valence electrons. The maximum absolute atomic E-state index is 14.3. The number of hydrogen-bond acceptors (Lipinski definition) is 7. The van der Waals surface area contributed by atoms with Gasteiger partial charge in [-0.1, -0.05) is 11.6 Å². The third-order valence-corrected chi connectivity index (χ3v) is 5.11. The molecule has 0 radical (unpaired) electrons. The molecular weight excluding hydrogens is 461 g/mol. The van der Waals surface area contributed by atoms with Gasteiger partial charge < -0.3 is 20.7 Å². The molecule has 11 heteroatoms. The molecule has 2 aromatic heterocycles. The maximum Gasteiger partial charge on any atom is 0.256 e. The summed E-state index contributed by atoms with van der Waals surface area (Å²) in [5.41, 5.74) is 1.63. The van der Waals surface area contributed by atoms with Crippen LogP contribution in [0.4, 0.5) is 33.3 Å². The third kappa shape index (κ3) is 5.24. The maximum atomic E-state index is 14.3. The molecular formula is C23H21ClFN7O2. The topological polar surface area (TPSA) is 106 Å². The zero-order chi connectivity index (χ0) is 24.1. The number of carbonyl (C=O) groups is 1. The number of anilines is 5. The van der Waals surface area contributed by atoms with Crippen molar-refractivity contribution in [2.75, 3.05) is 23.1 Å². The van der Waals surface area contributed by atoms with Gasteiger partial charge in [0, 0.05) is 29.5 Å². The molecule has 0 aliphatic carbocycles. The highest BCUT2D eigenvalue weighted by molar-refractivity contribution is 6.32. The summed E-state index contributed by atoms with van der Waals surface area (Å²) in [4.78, 5) is 20.7. The highest BCUT2D eigenvalue weighted by atomic mass is 35.5. The van der Waals surface area contributed by atoms with Crippen molar-refractivity contribution in [2.45, 2.75) is 13.5 Å². The smallest absolute Gasteiger partial charge is 0.256 e. The number of carbonyl (C=O) groups excluding carboxylic acids is 1. The molecule has 0 saturated heterocycles. The van der Waals surface area contributed by atoms with Gasteiger partial charge in [-0.25, -0.2) is 14.1 Å². The van der Waals surface area contributed by atoms with Crippen LogP contribution in [-0.4, -0.2) is 32.8 Å². The SMILES string of the molecule is CCn1nccc1NC(=O)c1ccc(Nc2ncc(F)c(Nc3ccc(OC)c(Cl)c3)n2)cc1. The van der Waals surface area contributed by atoms with Crippen LogP contribution in [0.3, 0.4) is 0 Å². The van der Waals surface area contributed by atoms with Crippen molar-refractivity contribution in [3.05, 3.63) is 77.3 Å². The average Bonchev–Trinajstić information content (AvgIpc) is 3.29. The predicted molar refractivity (Wildman–Crippen MR) is 129 cm³/mol. The average molecular weight is 482 g/mol. The Balaban J connectivity index is 1.44. The highest BCUT2D eigenvalue weighted by Gasteiger charge is 2.11. The first kappa shape index (κ1) is 23.0. The summed E-state index contributed by atoms with van der Waals surface area (Å²) in [5.74, 6) is 0.383. The molecule has 2 aromatic carbocycles. The van der Waals surface area contributed by atoms with Gasteiger partial charge in [0.05, 0.1) is 24.5 Å². The Morgan fingerprint density at radius 1 is 1.12 bits per heavy atom. The van der Waals surface area contributed by atoms with Crippen molar-refractivity contribution in [1.29, 1.82) is 0 Å². The van der Waals surface area contributed by atoms with E-state index < -0.39 is 5.82 Å². The molecule has 3 N–H and O–H groups in total. The third-order valence-electron chi connectivity index (χ3n) is 4.82. The molecule has 1 amide bonds. The van der Waals surface area contributed by atoms with E-state index >= 15 is 0 Å². The summed E-state index contributed by atoms with van der Waals surface area (Å²) in [6.07, 6.45) is 2.68. The van der Waals surface area contributed by atoms with Crippen molar-refractivity contribution in [3.63, 3.8) is 0 Å². The van der Waals surface area contributed by atoms with Crippen molar-refractivity contribution in [3.8, 4) is 5.75 Å². The van der Waals surface area contributed by atoms with Crippen LogP contribution in [0.15, 0.2) is 60.9 Å². The summed E-state index contributed by atoms with van der Waals surface area (Å²) in [7, 11) is 1.51. The fraction of sp³-hybridized carbons (Fsp3) is 0.130. The lowest BCUT2D eigenvalue weighted by Crippen LogP contribution is -2.15. The van der Waals surface area contributed by atoms with Gasteiger partial charge in [-0.15, -0.1) is 0 Å². The summed E-state index contributed by atoms with van der Waals surface area (Å²) < 4.78 is 21.1. The Morgan fingerprint density at radius 3 is 2.59 bits per heavy atom. The molecule has 0 unspecified atom stereocenters. The second kappa shape index (κ2) is 10.2. The van der Waals surface area contributed by atoms with E-state index in [1.165, 1.54) is 7.11 Å². The lowest BCUT2D eigenvalue weighted by atomic mass is 10.2. The number of aryl methyl sites for hydroxylation is 1. The van der Waals surface area contributed by atoms with Crippen molar-refractivity contribution < 1.29 is 13.9 Å². The van der Waals surface area contributed by atoms with Crippen LogP contribution < -0.4 is 20.7 Å². The summed E-state index contributed by atoms with van der Waals surface area (Å²) in [5, 5.41) is 13.2. The van der Waals surface area contributed by atoms with E-state index in [9.17, 15) is 9.18 Å². The number of halogens is 2. The number of rotatable bonds is 8. The summed E-state index contributed by atoms with van der Waals surface area (Å²) in [6, 6.07) is 13.4. The second-order valence-electron chi connectivity index (χ2n) is 7.05. The molecule has 4 aromatic rings. The molecule has 0 aliphatic heterocycles. The zero-order valence-corrected chi connectivity index (χ0v) is 19.1. The van der Waals surface area contributed by atoms with E-state index in [1.54, 1.807) is 59.4 Å². The molecule has 0 fully saturated rings. The number of aromatic nitrogens is 4. The van der Waals surface area contributed by atoms with E-state index in [-0.39, 0.29) is 17.7 Å². The molecule has 9 nitrogen and oxygen atoms in total. The molecule has 2 heterocycles. The van der Waals surface area contributed by atoms with Crippen molar-refractivity contribution >= 4 is 46.5 Å². The number of methoxy groups -OCH3 is 1. The van der Waals surface area contributed by atoms with E-state index in [2.05, 4.69) is 31.0 Å². The number of nitrogens with zero attached hydrogens (tertiary/aromatic N) is 4. The van der Waals surface area contributed by atoms with Crippen LogP contribution in [0, 0.1) is 5.82 Å². The molecule has 0 spiro atoms. The molecule has 0 aliphatic rings. The molecule has 0 bridgehead atoms. The van der Waals surface area contributed by atoms with Gasteiger partial charge in [0.2, 0.25) is 5.95 Å². The van der Waals surface area contributed by atoms with Gasteiger partial charge in [0.15, 0.2) is 11.6 Å².